The highest BCUT2D eigenvalue weighted by Gasteiger charge is 2.25. The third-order valence-electron chi connectivity index (χ3n) is 2.38. The molecule has 1 aromatic heterocycles. The van der Waals surface area contributed by atoms with Gasteiger partial charge >= 0.3 is 5.97 Å². The summed E-state index contributed by atoms with van der Waals surface area (Å²) in [4.78, 5) is 10.3. The van der Waals surface area contributed by atoms with Gasteiger partial charge in [-0.15, -0.1) is 10.2 Å². The number of nitrogens with zero attached hydrogens (tertiary/aromatic N) is 3. The van der Waals surface area contributed by atoms with Gasteiger partial charge in [0.2, 0.25) is 0 Å². The molecule has 0 unspecified atom stereocenters. The number of carboxylic acid groups (broad SMARTS) is 1. The number of rotatable bonds is 5. The molecule has 1 aromatic rings. The summed E-state index contributed by atoms with van der Waals surface area (Å²) in [6, 6.07) is 0.574. The summed E-state index contributed by atoms with van der Waals surface area (Å²) in [6.07, 6.45) is 5.70. The molecule has 76 valence electrons. The molecule has 5 nitrogen and oxygen atoms in total. The Bertz CT molecular complexity index is 331. The van der Waals surface area contributed by atoms with Gasteiger partial charge < -0.3 is 9.67 Å². The molecule has 0 radical (unpaired) electrons. The van der Waals surface area contributed by atoms with E-state index < -0.39 is 5.97 Å². The molecule has 5 heteroatoms. The summed E-state index contributed by atoms with van der Waals surface area (Å²) in [5.41, 5.74) is 0. The molecule has 2 rings (SSSR count). The topological polar surface area (TPSA) is 68.0 Å². The number of hydrogen-bond donors (Lipinski definition) is 1. The lowest BCUT2D eigenvalue weighted by Crippen LogP contribution is -2.02. The van der Waals surface area contributed by atoms with E-state index in [2.05, 4.69) is 14.8 Å². The molecule has 1 N–H and O–H groups in total. The van der Waals surface area contributed by atoms with E-state index in [9.17, 15) is 4.79 Å². The maximum atomic E-state index is 10.3. The summed E-state index contributed by atoms with van der Waals surface area (Å²) < 4.78 is 2.07. The van der Waals surface area contributed by atoms with Crippen molar-refractivity contribution >= 4 is 5.97 Å². The predicted octanol–water partition coefficient (Wildman–Crippen LogP) is 1.02. The fourth-order valence-corrected chi connectivity index (χ4v) is 1.50. The molecule has 1 saturated carbocycles. The fraction of sp³-hybridized carbons (Fsp3) is 0.667. The van der Waals surface area contributed by atoms with Crippen molar-refractivity contribution in [2.24, 2.45) is 0 Å². The van der Waals surface area contributed by atoms with Gasteiger partial charge in [-0.05, 0) is 19.3 Å². The van der Waals surface area contributed by atoms with E-state index in [1.54, 1.807) is 6.33 Å². The minimum atomic E-state index is -0.748. The Morgan fingerprint density at radius 2 is 2.43 bits per heavy atom. The standard InChI is InChI=1S/C9H13N3O2/c13-9(14)3-1-2-8-11-10-6-12(8)7-4-5-7/h6-7H,1-5H2,(H,13,14). The van der Waals surface area contributed by atoms with Crippen molar-refractivity contribution in [3.8, 4) is 0 Å². The van der Waals surface area contributed by atoms with E-state index in [1.807, 2.05) is 0 Å². The van der Waals surface area contributed by atoms with Crippen molar-refractivity contribution in [2.45, 2.75) is 38.1 Å². The molecule has 0 bridgehead atoms. The van der Waals surface area contributed by atoms with Gasteiger partial charge in [0.15, 0.2) is 0 Å². The number of aliphatic carboxylic acids is 1. The van der Waals surface area contributed by atoms with Gasteiger partial charge in [-0.1, -0.05) is 0 Å². The summed E-state index contributed by atoms with van der Waals surface area (Å²) in [7, 11) is 0. The lowest BCUT2D eigenvalue weighted by Gasteiger charge is -2.02. The highest BCUT2D eigenvalue weighted by molar-refractivity contribution is 5.66. The first-order valence-electron chi connectivity index (χ1n) is 4.87. The van der Waals surface area contributed by atoms with Crippen molar-refractivity contribution in [3.63, 3.8) is 0 Å². The molecule has 1 heterocycles. The van der Waals surface area contributed by atoms with Crippen molar-refractivity contribution in [3.05, 3.63) is 12.2 Å². The third kappa shape index (κ3) is 2.10. The van der Waals surface area contributed by atoms with E-state index in [1.165, 1.54) is 12.8 Å². The Morgan fingerprint density at radius 1 is 1.64 bits per heavy atom. The molecular weight excluding hydrogens is 182 g/mol. The maximum Gasteiger partial charge on any atom is 0.303 e. The van der Waals surface area contributed by atoms with Crippen LogP contribution in [-0.4, -0.2) is 25.8 Å². The molecule has 0 atom stereocenters. The van der Waals surface area contributed by atoms with E-state index in [4.69, 9.17) is 5.11 Å². The predicted molar refractivity (Wildman–Crippen MR) is 48.9 cm³/mol. The molecule has 0 aliphatic heterocycles. The average molecular weight is 195 g/mol. The van der Waals surface area contributed by atoms with Crippen LogP contribution < -0.4 is 0 Å². The lowest BCUT2D eigenvalue weighted by molar-refractivity contribution is -0.137. The highest BCUT2D eigenvalue weighted by atomic mass is 16.4. The largest absolute Gasteiger partial charge is 0.481 e. The number of carbonyl (C=O) groups is 1. The van der Waals surface area contributed by atoms with Crippen molar-refractivity contribution < 1.29 is 9.90 Å². The summed E-state index contributed by atoms with van der Waals surface area (Å²) in [6.45, 7) is 0. The van der Waals surface area contributed by atoms with Gasteiger partial charge in [0.05, 0.1) is 0 Å². The van der Waals surface area contributed by atoms with Crippen molar-refractivity contribution in [1.82, 2.24) is 14.8 Å². The van der Waals surface area contributed by atoms with Crippen LogP contribution in [0, 0.1) is 0 Å². The van der Waals surface area contributed by atoms with Crippen molar-refractivity contribution in [2.75, 3.05) is 0 Å². The van der Waals surface area contributed by atoms with Gasteiger partial charge in [0, 0.05) is 18.9 Å². The smallest absolute Gasteiger partial charge is 0.303 e. The minimum Gasteiger partial charge on any atom is -0.481 e. The Kier molecular flexibility index (Phi) is 2.47. The van der Waals surface area contributed by atoms with E-state index >= 15 is 0 Å². The van der Waals surface area contributed by atoms with Crippen LogP contribution in [0.3, 0.4) is 0 Å². The summed E-state index contributed by atoms with van der Waals surface area (Å²) in [5.74, 6) is 0.177. The van der Waals surface area contributed by atoms with E-state index in [-0.39, 0.29) is 6.42 Å². The van der Waals surface area contributed by atoms with E-state index in [0.29, 0.717) is 18.9 Å². The minimum absolute atomic E-state index is 0.206. The van der Waals surface area contributed by atoms with Crippen molar-refractivity contribution in [1.29, 1.82) is 0 Å². The Labute approximate surface area is 81.8 Å². The van der Waals surface area contributed by atoms with E-state index in [0.717, 1.165) is 5.82 Å². The highest BCUT2D eigenvalue weighted by Crippen LogP contribution is 2.35. The maximum absolute atomic E-state index is 10.3. The first kappa shape index (κ1) is 9.18. The van der Waals surface area contributed by atoms with Gasteiger partial charge in [-0.2, -0.15) is 0 Å². The van der Waals surface area contributed by atoms with Crippen LogP contribution in [-0.2, 0) is 11.2 Å². The second-order valence-corrected chi connectivity index (χ2v) is 3.63. The average Bonchev–Trinajstić information content (AvgIpc) is 2.87. The summed E-state index contributed by atoms with van der Waals surface area (Å²) in [5, 5.41) is 16.3. The van der Waals surface area contributed by atoms with Gasteiger partial charge in [-0.3, -0.25) is 4.79 Å². The van der Waals surface area contributed by atoms with Crippen LogP contribution in [0.25, 0.3) is 0 Å². The SMILES string of the molecule is O=C(O)CCCc1nncn1C1CC1. The molecule has 0 amide bonds. The Morgan fingerprint density at radius 3 is 3.07 bits per heavy atom. The number of aromatic nitrogens is 3. The zero-order valence-electron chi connectivity index (χ0n) is 7.89. The van der Waals surface area contributed by atoms with Crippen LogP contribution in [0.15, 0.2) is 6.33 Å². The normalized spacial score (nSPS) is 15.7. The molecule has 0 aromatic carbocycles. The molecule has 1 aliphatic carbocycles. The Hall–Kier alpha value is -1.39. The number of aryl methyl sites for hydroxylation is 1. The van der Waals surface area contributed by atoms with Crippen LogP contribution in [0.4, 0.5) is 0 Å². The third-order valence-corrected chi connectivity index (χ3v) is 2.38. The van der Waals surface area contributed by atoms with Gasteiger partial charge in [-0.25, -0.2) is 0 Å². The van der Waals surface area contributed by atoms with Crippen LogP contribution in [0.5, 0.6) is 0 Å². The molecule has 1 aliphatic rings. The van der Waals surface area contributed by atoms with Crippen LogP contribution in [0.1, 0.15) is 37.5 Å². The summed E-state index contributed by atoms with van der Waals surface area (Å²) >= 11 is 0. The second-order valence-electron chi connectivity index (χ2n) is 3.63. The zero-order chi connectivity index (χ0) is 9.97. The molecule has 0 saturated heterocycles. The van der Waals surface area contributed by atoms with Crippen LogP contribution in [0.2, 0.25) is 0 Å². The zero-order valence-corrected chi connectivity index (χ0v) is 7.89. The number of hydrogen-bond acceptors (Lipinski definition) is 3. The van der Waals surface area contributed by atoms with Crippen LogP contribution >= 0.6 is 0 Å². The van der Waals surface area contributed by atoms with Gasteiger partial charge in [0.1, 0.15) is 12.2 Å². The lowest BCUT2D eigenvalue weighted by atomic mass is 10.2. The number of carboxylic acids is 1. The monoisotopic (exact) mass is 195 g/mol. The molecule has 0 spiro atoms. The fourth-order valence-electron chi connectivity index (χ4n) is 1.50. The quantitative estimate of drug-likeness (QED) is 0.761. The Balaban J connectivity index is 1.88. The molecule has 14 heavy (non-hydrogen) atoms. The van der Waals surface area contributed by atoms with Gasteiger partial charge in [0.25, 0.3) is 0 Å². The molecule has 1 fully saturated rings. The molecular formula is C9H13N3O2. The second kappa shape index (κ2) is 3.77. The first-order valence-corrected chi connectivity index (χ1v) is 4.87. The first-order chi connectivity index (χ1) is 6.77.